The summed E-state index contributed by atoms with van der Waals surface area (Å²) in [5, 5.41) is 0. The Morgan fingerprint density at radius 3 is 1.93 bits per heavy atom. The Morgan fingerprint density at radius 2 is 1.41 bits per heavy atom. The predicted octanol–water partition coefficient (Wildman–Crippen LogP) is 7.80. The van der Waals surface area contributed by atoms with Crippen LogP contribution in [0, 0.1) is 0 Å². The van der Waals surface area contributed by atoms with Gasteiger partial charge in [0.05, 0.1) is 16.7 Å². The third kappa shape index (κ3) is 8.66. The minimum Gasteiger partial charge on any atom is -0.459 e. The quantitative estimate of drug-likeness (QED) is 0.205. The molecule has 1 aromatic carbocycles. The molecule has 1 rings (SSSR count). The molecule has 0 saturated carbocycles. The maximum absolute atomic E-state index is 13.2. The van der Waals surface area contributed by atoms with Crippen LogP contribution in [0.25, 0.3) is 0 Å². The van der Waals surface area contributed by atoms with Crippen molar-refractivity contribution in [2.45, 2.75) is 90.1 Å². The zero-order valence-corrected chi connectivity index (χ0v) is 16.8. The van der Waals surface area contributed by atoms with Crippen LogP contribution in [0.1, 0.15) is 93.1 Å². The van der Waals surface area contributed by atoms with Crippen molar-refractivity contribution in [3.05, 3.63) is 34.9 Å². The summed E-state index contributed by atoms with van der Waals surface area (Å²) in [4.78, 5) is 12.4. The highest BCUT2D eigenvalue weighted by molar-refractivity contribution is 5.91. The molecule has 1 unspecified atom stereocenters. The number of ether oxygens (including phenoxy) is 1. The van der Waals surface area contributed by atoms with Gasteiger partial charge in [-0.15, -0.1) is 0 Å². The Balaban J connectivity index is 3.06. The van der Waals surface area contributed by atoms with E-state index in [0.29, 0.717) is 18.9 Å². The lowest BCUT2D eigenvalue weighted by molar-refractivity contribution is -0.141. The molecule has 0 N–H and O–H groups in total. The molecule has 0 aliphatic rings. The van der Waals surface area contributed by atoms with Gasteiger partial charge in [0.2, 0.25) is 0 Å². The second-order valence-corrected chi connectivity index (χ2v) is 7.13. The molecule has 0 spiro atoms. The van der Waals surface area contributed by atoms with Gasteiger partial charge in [0, 0.05) is 0 Å². The third-order valence-corrected chi connectivity index (χ3v) is 4.66. The summed E-state index contributed by atoms with van der Waals surface area (Å²) in [5.41, 5.74) is -3.84. The minimum atomic E-state index is -4.96. The van der Waals surface area contributed by atoms with Crippen LogP contribution in [-0.4, -0.2) is 12.1 Å². The molecule has 166 valence electrons. The number of hydrogen-bond acceptors (Lipinski definition) is 2. The number of carbonyl (C=O) groups is 1. The van der Waals surface area contributed by atoms with Gasteiger partial charge in [0.25, 0.3) is 0 Å². The van der Waals surface area contributed by atoms with Crippen molar-refractivity contribution >= 4 is 5.97 Å². The highest BCUT2D eigenvalue weighted by Gasteiger charge is 2.39. The molecule has 0 aromatic heterocycles. The van der Waals surface area contributed by atoms with Crippen LogP contribution in [-0.2, 0) is 17.1 Å². The van der Waals surface area contributed by atoms with E-state index in [1.54, 1.807) is 0 Å². The van der Waals surface area contributed by atoms with Crippen molar-refractivity contribution < 1.29 is 35.9 Å². The lowest BCUT2D eigenvalue weighted by Crippen LogP contribution is -2.22. The molecule has 0 amide bonds. The number of alkyl halides is 6. The Labute approximate surface area is 167 Å². The van der Waals surface area contributed by atoms with E-state index in [0.717, 1.165) is 44.9 Å². The summed E-state index contributed by atoms with van der Waals surface area (Å²) in [6, 6.07) is 0.835. The Bertz CT molecular complexity index is 637. The molecule has 0 fully saturated rings. The Morgan fingerprint density at radius 1 is 0.862 bits per heavy atom. The monoisotopic (exact) mass is 426 g/mol. The number of esters is 1. The summed E-state index contributed by atoms with van der Waals surface area (Å²) >= 11 is 0. The van der Waals surface area contributed by atoms with Crippen molar-refractivity contribution in [2.24, 2.45) is 0 Å². The Kier molecular flexibility index (Phi) is 10.00. The lowest BCUT2D eigenvalue weighted by Gasteiger charge is -2.20. The molecule has 0 radical (unpaired) electrons. The molecular formula is C21H28F6O2. The van der Waals surface area contributed by atoms with Gasteiger partial charge in [-0.2, -0.15) is 26.3 Å². The lowest BCUT2D eigenvalue weighted by atomic mass is 10.0. The first-order valence-corrected chi connectivity index (χ1v) is 10.00. The summed E-state index contributed by atoms with van der Waals surface area (Å²) in [6.45, 7) is 4.02. The van der Waals surface area contributed by atoms with Crippen molar-refractivity contribution in [3.8, 4) is 0 Å². The standard InChI is InChI=1S/C21H28F6O2/c1-3-5-7-9-11-16(10-8-6-4-2)29-19(28)17-14-15(20(22,23)24)12-13-18(17)21(25,26)27/h12-14,16H,3-11H2,1-2H3. The zero-order chi connectivity index (χ0) is 22.1. The molecule has 0 heterocycles. The Hall–Kier alpha value is -1.73. The molecular weight excluding hydrogens is 398 g/mol. The van der Waals surface area contributed by atoms with E-state index >= 15 is 0 Å². The average molecular weight is 426 g/mol. The molecule has 0 aliphatic heterocycles. The smallest absolute Gasteiger partial charge is 0.417 e. The summed E-state index contributed by atoms with van der Waals surface area (Å²) < 4.78 is 83.7. The van der Waals surface area contributed by atoms with Gasteiger partial charge in [-0.25, -0.2) is 4.79 Å². The van der Waals surface area contributed by atoms with Crippen molar-refractivity contribution in [2.75, 3.05) is 0 Å². The number of carbonyl (C=O) groups excluding carboxylic acids is 1. The number of benzene rings is 1. The normalized spacial score (nSPS) is 13.4. The molecule has 0 aliphatic carbocycles. The number of halogens is 6. The highest BCUT2D eigenvalue weighted by atomic mass is 19.4. The van der Waals surface area contributed by atoms with E-state index in [4.69, 9.17) is 4.74 Å². The summed E-state index contributed by atoms with van der Waals surface area (Å²) in [7, 11) is 0. The largest absolute Gasteiger partial charge is 0.459 e. The molecule has 1 aromatic rings. The summed E-state index contributed by atoms with van der Waals surface area (Å²) in [5.74, 6) is -1.36. The van der Waals surface area contributed by atoms with E-state index in [1.165, 1.54) is 0 Å². The average Bonchev–Trinajstić information content (AvgIpc) is 2.63. The number of unbranched alkanes of at least 4 members (excludes halogenated alkanes) is 5. The fraction of sp³-hybridized carbons (Fsp3) is 0.667. The zero-order valence-electron chi connectivity index (χ0n) is 16.8. The first-order chi connectivity index (χ1) is 13.5. The van der Waals surface area contributed by atoms with Gasteiger partial charge in [0.15, 0.2) is 0 Å². The second-order valence-electron chi connectivity index (χ2n) is 7.13. The number of hydrogen-bond donors (Lipinski definition) is 0. The van der Waals surface area contributed by atoms with Crippen LogP contribution in [0.5, 0.6) is 0 Å². The molecule has 29 heavy (non-hydrogen) atoms. The summed E-state index contributed by atoms with van der Waals surface area (Å²) in [6.07, 6.45) is -3.32. The van der Waals surface area contributed by atoms with Gasteiger partial charge >= 0.3 is 18.3 Å². The molecule has 0 bridgehead atoms. The van der Waals surface area contributed by atoms with Gasteiger partial charge in [-0.05, 0) is 43.9 Å². The fourth-order valence-corrected chi connectivity index (χ4v) is 3.03. The SMILES string of the molecule is CCCCCCC(CCCCC)OC(=O)c1cc(C(F)(F)F)ccc1C(F)(F)F. The number of rotatable bonds is 11. The van der Waals surface area contributed by atoms with E-state index < -0.39 is 41.1 Å². The maximum Gasteiger partial charge on any atom is 0.417 e. The first-order valence-electron chi connectivity index (χ1n) is 10.00. The molecule has 8 heteroatoms. The van der Waals surface area contributed by atoms with E-state index in [9.17, 15) is 31.1 Å². The van der Waals surface area contributed by atoms with Crippen LogP contribution >= 0.6 is 0 Å². The van der Waals surface area contributed by atoms with Crippen LogP contribution in [0.3, 0.4) is 0 Å². The topological polar surface area (TPSA) is 26.3 Å². The van der Waals surface area contributed by atoms with Gasteiger partial charge in [-0.1, -0.05) is 46.0 Å². The highest BCUT2D eigenvalue weighted by Crippen LogP contribution is 2.37. The minimum absolute atomic E-state index is 0.228. The van der Waals surface area contributed by atoms with E-state index in [2.05, 4.69) is 0 Å². The molecule has 0 saturated heterocycles. The molecule has 1 atom stereocenters. The maximum atomic E-state index is 13.2. The van der Waals surface area contributed by atoms with Gasteiger partial charge in [0.1, 0.15) is 6.10 Å². The molecule has 2 nitrogen and oxygen atoms in total. The van der Waals surface area contributed by atoms with Crippen LogP contribution in [0.4, 0.5) is 26.3 Å². The van der Waals surface area contributed by atoms with Gasteiger partial charge < -0.3 is 4.74 Å². The van der Waals surface area contributed by atoms with Crippen LogP contribution < -0.4 is 0 Å². The second kappa shape index (κ2) is 11.5. The van der Waals surface area contributed by atoms with Crippen LogP contribution in [0.15, 0.2) is 18.2 Å². The van der Waals surface area contributed by atoms with E-state index in [1.807, 2.05) is 13.8 Å². The van der Waals surface area contributed by atoms with Crippen molar-refractivity contribution in [1.29, 1.82) is 0 Å². The predicted molar refractivity (Wildman–Crippen MR) is 98.6 cm³/mol. The van der Waals surface area contributed by atoms with Crippen molar-refractivity contribution in [1.82, 2.24) is 0 Å². The van der Waals surface area contributed by atoms with Gasteiger partial charge in [-0.3, -0.25) is 0 Å². The van der Waals surface area contributed by atoms with Crippen molar-refractivity contribution in [3.63, 3.8) is 0 Å². The fourth-order valence-electron chi connectivity index (χ4n) is 3.03. The van der Waals surface area contributed by atoms with Crippen LogP contribution in [0.2, 0.25) is 0 Å². The third-order valence-electron chi connectivity index (χ3n) is 4.66. The first kappa shape index (κ1) is 25.3. The van der Waals surface area contributed by atoms with E-state index in [-0.39, 0.29) is 12.1 Å².